The Morgan fingerprint density at radius 3 is 2.79 bits per heavy atom. The van der Waals surface area contributed by atoms with Gasteiger partial charge in [-0.25, -0.2) is 5.10 Å². The van der Waals surface area contributed by atoms with Crippen molar-refractivity contribution in [3.05, 3.63) is 4.77 Å². The van der Waals surface area contributed by atoms with Crippen LogP contribution in [0.3, 0.4) is 0 Å². The first-order valence-electron chi connectivity index (χ1n) is 5.23. The fourth-order valence-corrected chi connectivity index (χ4v) is 2.11. The number of anilines is 1. The third-order valence-corrected chi connectivity index (χ3v) is 2.89. The summed E-state index contributed by atoms with van der Waals surface area (Å²) in [6.07, 6.45) is 3.63. The molecule has 0 unspecified atom stereocenters. The van der Waals surface area contributed by atoms with Gasteiger partial charge in [-0.3, -0.25) is 4.57 Å². The van der Waals surface area contributed by atoms with Crippen LogP contribution < -0.4 is 4.90 Å². The summed E-state index contributed by atoms with van der Waals surface area (Å²) in [5.74, 6) is 1.02. The van der Waals surface area contributed by atoms with Crippen molar-refractivity contribution in [3.8, 4) is 0 Å². The highest BCUT2D eigenvalue weighted by Gasteiger charge is 2.17. The summed E-state index contributed by atoms with van der Waals surface area (Å²) in [7, 11) is 0. The lowest BCUT2D eigenvalue weighted by atomic mass is 10.4. The Morgan fingerprint density at radius 1 is 1.43 bits per heavy atom. The van der Waals surface area contributed by atoms with E-state index in [9.17, 15) is 0 Å². The van der Waals surface area contributed by atoms with Crippen LogP contribution in [0, 0.1) is 4.77 Å². The Hall–Kier alpha value is -0.840. The molecule has 1 aliphatic heterocycles. The van der Waals surface area contributed by atoms with Crippen molar-refractivity contribution in [2.45, 2.75) is 32.7 Å². The molecule has 1 aromatic rings. The zero-order valence-corrected chi connectivity index (χ0v) is 9.31. The zero-order chi connectivity index (χ0) is 9.97. The summed E-state index contributed by atoms with van der Waals surface area (Å²) in [5, 5.41) is 7.16. The lowest BCUT2D eigenvalue weighted by Gasteiger charge is -2.16. The molecule has 0 bridgehead atoms. The Balaban J connectivity index is 2.27. The molecular weight excluding hydrogens is 196 g/mol. The molecule has 1 aromatic heterocycles. The molecule has 2 heterocycles. The average molecular weight is 212 g/mol. The van der Waals surface area contributed by atoms with Crippen LogP contribution in [0.25, 0.3) is 0 Å². The highest BCUT2D eigenvalue weighted by atomic mass is 32.1. The first-order valence-corrected chi connectivity index (χ1v) is 5.64. The van der Waals surface area contributed by atoms with Gasteiger partial charge in [-0.05, 0) is 31.5 Å². The van der Waals surface area contributed by atoms with Crippen molar-refractivity contribution in [3.63, 3.8) is 0 Å². The van der Waals surface area contributed by atoms with E-state index in [0.29, 0.717) is 0 Å². The summed E-state index contributed by atoms with van der Waals surface area (Å²) in [6, 6.07) is 0. The zero-order valence-electron chi connectivity index (χ0n) is 8.49. The molecule has 1 aliphatic rings. The predicted octanol–water partition coefficient (Wildman–Crippen LogP) is 1.95. The highest BCUT2D eigenvalue weighted by Crippen LogP contribution is 2.17. The van der Waals surface area contributed by atoms with Crippen LogP contribution in [-0.4, -0.2) is 27.9 Å². The van der Waals surface area contributed by atoms with E-state index in [1.807, 2.05) is 0 Å². The second-order valence-corrected chi connectivity index (χ2v) is 4.06. The normalized spacial score (nSPS) is 16.5. The second-order valence-electron chi connectivity index (χ2n) is 3.67. The number of rotatable bonds is 3. The van der Waals surface area contributed by atoms with Gasteiger partial charge in [0.2, 0.25) is 5.95 Å². The summed E-state index contributed by atoms with van der Waals surface area (Å²) < 4.78 is 2.84. The quantitative estimate of drug-likeness (QED) is 0.778. The van der Waals surface area contributed by atoms with Crippen molar-refractivity contribution in [2.24, 2.45) is 0 Å². The van der Waals surface area contributed by atoms with Crippen molar-refractivity contribution in [2.75, 3.05) is 18.0 Å². The van der Waals surface area contributed by atoms with Gasteiger partial charge in [0.15, 0.2) is 4.77 Å². The van der Waals surface area contributed by atoms with E-state index in [0.717, 1.165) is 36.8 Å². The number of aromatic nitrogens is 3. The predicted molar refractivity (Wildman–Crippen MR) is 59.1 cm³/mol. The molecule has 2 rings (SSSR count). The minimum absolute atomic E-state index is 0.744. The van der Waals surface area contributed by atoms with Gasteiger partial charge in [-0.1, -0.05) is 6.92 Å². The third kappa shape index (κ3) is 1.68. The van der Waals surface area contributed by atoms with Crippen LogP contribution in [0.2, 0.25) is 0 Å². The van der Waals surface area contributed by atoms with E-state index in [4.69, 9.17) is 12.2 Å². The molecular formula is C9H16N4S. The standard InChI is InChI=1S/C9H16N4S/c1-2-5-13-8(10-11-9(13)14)12-6-3-4-7-12/h2-7H2,1H3,(H,11,14). The molecule has 0 saturated carbocycles. The van der Waals surface area contributed by atoms with Crippen LogP contribution in [0.1, 0.15) is 26.2 Å². The van der Waals surface area contributed by atoms with Crippen molar-refractivity contribution < 1.29 is 0 Å². The molecule has 0 amide bonds. The first kappa shape index (κ1) is 9.71. The number of H-pyrrole nitrogens is 1. The summed E-state index contributed by atoms with van der Waals surface area (Å²) in [4.78, 5) is 2.31. The van der Waals surface area contributed by atoms with E-state index >= 15 is 0 Å². The number of hydrogen-bond acceptors (Lipinski definition) is 3. The topological polar surface area (TPSA) is 36.9 Å². The van der Waals surface area contributed by atoms with Gasteiger partial charge in [0.1, 0.15) is 0 Å². The molecule has 1 saturated heterocycles. The van der Waals surface area contributed by atoms with E-state index in [1.165, 1.54) is 12.8 Å². The summed E-state index contributed by atoms with van der Waals surface area (Å²) >= 11 is 5.19. The Bertz CT molecular complexity index is 348. The summed E-state index contributed by atoms with van der Waals surface area (Å²) in [6.45, 7) is 5.34. The lowest BCUT2D eigenvalue weighted by Crippen LogP contribution is -2.22. The molecule has 4 nitrogen and oxygen atoms in total. The van der Waals surface area contributed by atoms with Gasteiger partial charge in [0, 0.05) is 19.6 Å². The fourth-order valence-electron chi connectivity index (χ4n) is 1.89. The minimum atomic E-state index is 0.744. The lowest BCUT2D eigenvalue weighted by molar-refractivity contribution is 0.657. The van der Waals surface area contributed by atoms with Gasteiger partial charge in [0.05, 0.1) is 0 Å². The second kappa shape index (κ2) is 4.13. The Kier molecular flexibility index (Phi) is 2.86. The van der Waals surface area contributed by atoms with Crippen LogP contribution in [0.5, 0.6) is 0 Å². The van der Waals surface area contributed by atoms with Crippen LogP contribution in [-0.2, 0) is 6.54 Å². The minimum Gasteiger partial charge on any atom is -0.341 e. The molecule has 5 heteroatoms. The number of nitrogens with one attached hydrogen (secondary N) is 1. The SMILES string of the molecule is CCCn1c(N2CCCC2)n[nH]c1=S. The molecule has 78 valence electrons. The maximum atomic E-state index is 5.19. The van der Waals surface area contributed by atoms with Crippen LogP contribution >= 0.6 is 12.2 Å². The molecule has 14 heavy (non-hydrogen) atoms. The maximum Gasteiger partial charge on any atom is 0.225 e. The molecule has 0 atom stereocenters. The number of hydrogen-bond donors (Lipinski definition) is 1. The molecule has 1 N–H and O–H groups in total. The molecule has 0 radical (unpaired) electrons. The molecule has 0 spiro atoms. The van der Waals surface area contributed by atoms with Gasteiger partial charge < -0.3 is 4.90 Å². The molecule has 1 fully saturated rings. The van der Waals surface area contributed by atoms with Crippen molar-refractivity contribution >= 4 is 18.2 Å². The van der Waals surface area contributed by atoms with Gasteiger partial charge in [-0.2, -0.15) is 0 Å². The molecule has 0 aromatic carbocycles. The van der Waals surface area contributed by atoms with Crippen molar-refractivity contribution in [1.82, 2.24) is 14.8 Å². The maximum absolute atomic E-state index is 5.19. The Labute approximate surface area is 88.9 Å². The van der Waals surface area contributed by atoms with Gasteiger partial charge in [0.25, 0.3) is 0 Å². The van der Waals surface area contributed by atoms with Crippen LogP contribution in [0.4, 0.5) is 5.95 Å². The third-order valence-electron chi connectivity index (χ3n) is 2.57. The van der Waals surface area contributed by atoms with Crippen molar-refractivity contribution in [1.29, 1.82) is 0 Å². The summed E-state index contributed by atoms with van der Waals surface area (Å²) in [5.41, 5.74) is 0. The highest BCUT2D eigenvalue weighted by molar-refractivity contribution is 7.71. The number of nitrogens with zero attached hydrogens (tertiary/aromatic N) is 3. The van der Waals surface area contributed by atoms with Crippen LogP contribution in [0.15, 0.2) is 0 Å². The van der Waals surface area contributed by atoms with Gasteiger partial charge >= 0.3 is 0 Å². The van der Waals surface area contributed by atoms with E-state index in [2.05, 4.69) is 26.6 Å². The monoisotopic (exact) mass is 212 g/mol. The largest absolute Gasteiger partial charge is 0.341 e. The average Bonchev–Trinajstić information content (AvgIpc) is 2.77. The van der Waals surface area contributed by atoms with Gasteiger partial charge in [-0.15, -0.1) is 5.10 Å². The number of aromatic amines is 1. The van der Waals surface area contributed by atoms with E-state index in [-0.39, 0.29) is 0 Å². The first-order chi connectivity index (χ1) is 6.83. The Morgan fingerprint density at radius 2 is 2.14 bits per heavy atom. The van der Waals surface area contributed by atoms with E-state index < -0.39 is 0 Å². The smallest absolute Gasteiger partial charge is 0.225 e. The molecule has 0 aliphatic carbocycles. The van der Waals surface area contributed by atoms with E-state index in [1.54, 1.807) is 0 Å². The fraction of sp³-hybridized carbons (Fsp3) is 0.778.